The summed E-state index contributed by atoms with van der Waals surface area (Å²) in [6, 6.07) is 8.46. The Balaban J connectivity index is 2.04. The molecule has 1 aliphatic rings. The van der Waals surface area contributed by atoms with Crippen molar-refractivity contribution < 1.29 is 4.74 Å². The van der Waals surface area contributed by atoms with Crippen molar-refractivity contribution in [1.29, 1.82) is 5.26 Å². The number of fused-ring (bicyclic) bond motifs is 1. The Bertz CT molecular complexity index is 651. The highest BCUT2D eigenvalue weighted by Crippen LogP contribution is 2.40. The van der Waals surface area contributed by atoms with Crippen LogP contribution in [0.3, 0.4) is 0 Å². The fraction of sp³-hybridized carbons (Fsp3) is 0.429. The van der Waals surface area contributed by atoms with Crippen molar-refractivity contribution in [3.63, 3.8) is 0 Å². The van der Waals surface area contributed by atoms with Crippen molar-refractivity contribution in [3.05, 3.63) is 29.6 Å². The molecule has 0 aliphatic carbocycles. The van der Waals surface area contributed by atoms with E-state index >= 15 is 0 Å². The van der Waals surface area contributed by atoms with E-state index in [1.54, 1.807) is 0 Å². The highest BCUT2D eigenvalue weighted by Gasteiger charge is 2.46. The molecular weight excluding hydrogens is 240 g/mol. The Hall–Kier alpha value is -1.90. The van der Waals surface area contributed by atoms with Crippen LogP contribution in [-0.4, -0.2) is 30.2 Å². The Labute approximate surface area is 111 Å². The predicted molar refractivity (Wildman–Crippen MR) is 71.5 cm³/mol. The van der Waals surface area contributed by atoms with E-state index in [-0.39, 0.29) is 6.04 Å². The number of benzene rings is 1. The zero-order valence-electron chi connectivity index (χ0n) is 11.0. The molecule has 1 atom stereocenters. The molecule has 5 heteroatoms. The van der Waals surface area contributed by atoms with Crippen LogP contribution in [0.15, 0.2) is 18.2 Å². The van der Waals surface area contributed by atoms with Gasteiger partial charge in [0.05, 0.1) is 36.4 Å². The molecule has 0 bridgehead atoms. The van der Waals surface area contributed by atoms with Crippen LogP contribution in [-0.2, 0) is 4.74 Å². The van der Waals surface area contributed by atoms with Crippen LogP contribution in [0.5, 0.6) is 0 Å². The van der Waals surface area contributed by atoms with Crippen molar-refractivity contribution in [1.82, 2.24) is 15.3 Å². The van der Waals surface area contributed by atoms with Crippen LogP contribution < -0.4 is 5.32 Å². The summed E-state index contributed by atoms with van der Waals surface area (Å²) in [6.45, 7) is 2.90. The number of hydrogen-bond acceptors (Lipinski definition) is 4. The molecule has 1 unspecified atom stereocenters. The maximum absolute atomic E-state index is 9.43. The highest BCUT2D eigenvalue weighted by atomic mass is 16.5. The van der Waals surface area contributed by atoms with Crippen LogP contribution in [0.25, 0.3) is 11.0 Å². The summed E-state index contributed by atoms with van der Waals surface area (Å²) >= 11 is 0. The summed E-state index contributed by atoms with van der Waals surface area (Å²) in [4.78, 5) is 7.62. The fourth-order valence-corrected chi connectivity index (χ4v) is 2.71. The molecule has 98 valence electrons. The number of aromatic amines is 1. The first-order valence-corrected chi connectivity index (χ1v) is 6.31. The summed E-state index contributed by atoms with van der Waals surface area (Å²) in [5.74, 6) is 0.898. The highest BCUT2D eigenvalue weighted by molar-refractivity contribution is 5.76. The molecule has 2 heterocycles. The second-order valence-corrected chi connectivity index (χ2v) is 5.08. The van der Waals surface area contributed by atoms with Gasteiger partial charge in [0.15, 0.2) is 0 Å². The van der Waals surface area contributed by atoms with Crippen molar-refractivity contribution in [2.75, 3.05) is 20.3 Å². The zero-order valence-corrected chi connectivity index (χ0v) is 11.0. The van der Waals surface area contributed by atoms with Crippen LogP contribution in [0.2, 0.25) is 0 Å². The molecule has 2 N–H and O–H groups in total. The molecule has 0 spiro atoms. The standard InChI is InChI=1S/C14H16N4O/c1-9-17-11-4-3-10(5-12(11)18-9)13(16-2)14(6-15)7-19-8-14/h3-5,13,16H,7-8H2,1-2H3,(H,17,18). The van der Waals surface area contributed by atoms with Gasteiger partial charge in [-0.1, -0.05) is 6.07 Å². The third kappa shape index (κ3) is 1.81. The van der Waals surface area contributed by atoms with E-state index in [2.05, 4.69) is 27.4 Å². The molecular formula is C14H16N4O. The zero-order chi connectivity index (χ0) is 13.5. The number of aromatic nitrogens is 2. The molecule has 0 amide bonds. The second kappa shape index (κ2) is 4.34. The second-order valence-electron chi connectivity index (χ2n) is 5.08. The Kier molecular flexibility index (Phi) is 2.77. The largest absolute Gasteiger partial charge is 0.378 e. The van der Waals surface area contributed by atoms with Gasteiger partial charge in [0.2, 0.25) is 0 Å². The summed E-state index contributed by atoms with van der Waals surface area (Å²) in [5, 5.41) is 12.7. The minimum atomic E-state index is -0.461. The third-order valence-electron chi connectivity index (χ3n) is 3.74. The van der Waals surface area contributed by atoms with E-state index in [0.717, 1.165) is 22.4 Å². The van der Waals surface area contributed by atoms with Gasteiger partial charge in [-0.3, -0.25) is 0 Å². The SMILES string of the molecule is CNC(c1ccc2nc(C)[nH]c2c1)C1(C#N)COC1. The Morgan fingerprint density at radius 1 is 1.53 bits per heavy atom. The van der Waals surface area contributed by atoms with E-state index < -0.39 is 5.41 Å². The lowest BCUT2D eigenvalue weighted by molar-refractivity contribution is -0.0963. The first-order chi connectivity index (χ1) is 9.18. The number of imidazole rings is 1. The lowest BCUT2D eigenvalue weighted by Crippen LogP contribution is -2.50. The molecule has 1 fully saturated rings. The van der Waals surface area contributed by atoms with Crippen LogP contribution in [0.1, 0.15) is 17.4 Å². The predicted octanol–water partition coefficient (Wildman–Crippen LogP) is 1.67. The molecule has 1 aliphatic heterocycles. The van der Waals surface area contributed by atoms with Gasteiger partial charge in [-0.15, -0.1) is 0 Å². The van der Waals surface area contributed by atoms with E-state index in [4.69, 9.17) is 4.74 Å². The van der Waals surface area contributed by atoms with Gasteiger partial charge in [0, 0.05) is 0 Å². The third-order valence-corrected chi connectivity index (χ3v) is 3.74. The summed E-state index contributed by atoms with van der Waals surface area (Å²) in [6.07, 6.45) is 0. The molecule has 1 aromatic heterocycles. The van der Waals surface area contributed by atoms with E-state index in [9.17, 15) is 5.26 Å². The normalized spacial score (nSPS) is 18.8. The number of nitrogens with zero attached hydrogens (tertiary/aromatic N) is 2. The minimum Gasteiger partial charge on any atom is -0.378 e. The van der Waals surface area contributed by atoms with Gasteiger partial charge in [0.1, 0.15) is 11.2 Å². The van der Waals surface area contributed by atoms with Gasteiger partial charge >= 0.3 is 0 Å². The van der Waals surface area contributed by atoms with Gasteiger partial charge in [-0.25, -0.2) is 4.98 Å². The van der Waals surface area contributed by atoms with Crippen LogP contribution in [0.4, 0.5) is 0 Å². The smallest absolute Gasteiger partial charge is 0.123 e. The molecule has 1 saturated heterocycles. The van der Waals surface area contributed by atoms with Gasteiger partial charge in [-0.2, -0.15) is 5.26 Å². The van der Waals surface area contributed by atoms with Gasteiger partial charge in [-0.05, 0) is 31.7 Å². The molecule has 0 radical (unpaired) electrons. The van der Waals surface area contributed by atoms with E-state index in [0.29, 0.717) is 13.2 Å². The molecule has 0 saturated carbocycles. The average molecular weight is 256 g/mol. The number of H-pyrrole nitrogens is 1. The number of nitrogens with one attached hydrogen (secondary N) is 2. The first-order valence-electron chi connectivity index (χ1n) is 6.31. The summed E-state index contributed by atoms with van der Waals surface area (Å²) in [5.41, 5.74) is 2.58. The van der Waals surface area contributed by atoms with Crippen molar-refractivity contribution in [2.45, 2.75) is 13.0 Å². The Morgan fingerprint density at radius 3 is 2.89 bits per heavy atom. The number of hydrogen-bond donors (Lipinski definition) is 2. The minimum absolute atomic E-state index is 0.0285. The fourth-order valence-electron chi connectivity index (χ4n) is 2.71. The molecule has 3 rings (SSSR count). The Morgan fingerprint density at radius 2 is 2.32 bits per heavy atom. The summed E-state index contributed by atoms with van der Waals surface area (Å²) < 4.78 is 5.24. The topological polar surface area (TPSA) is 73.7 Å². The van der Waals surface area contributed by atoms with Crippen LogP contribution >= 0.6 is 0 Å². The van der Waals surface area contributed by atoms with Crippen molar-refractivity contribution >= 4 is 11.0 Å². The maximum Gasteiger partial charge on any atom is 0.123 e. The number of ether oxygens (including phenoxy) is 1. The van der Waals surface area contributed by atoms with Gasteiger partial charge in [0.25, 0.3) is 0 Å². The van der Waals surface area contributed by atoms with Crippen molar-refractivity contribution in [3.8, 4) is 6.07 Å². The first kappa shape index (κ1) is 12.2. The molecule has 5 nitrogen and oxygen atoms in total. The van der Waals surface area contributed by atoms with E-state index in [1.807, 2.05) is 26.1 Å². The summed E-state index contributed by atoms with van der Waals surface area (Å²) in [7, 11) is 1.88. The number of aryl methyl sites for hydroxylation is 1. The molecule has 19 heavy (non-hydrogen) atoms. The lowest BCUT2D eigenvalue weighted by Gasteiger charge is -2.41. The molecule has 1 aromatic carbocycles. The van der Waals surface area contributed by atoms with Crippen LogP contribution in [0, 0.1) is 23.7 Å². The quantitative estimate of drug-likeness (QED) is 0.876. The van der Waals surface area contributed by atoms with Gasteiger partial charge < -0.3 is 15.0 Å². The average Bonchev–Trinajstić information content (AvgIpc) is 2.72. The number of rotatable bonds is 3. The van der Waals surface area contributed by atoms with E-state index in [1.165, 1.54) is 0 Å². The number of nitriles is 1. The van der Waals surface area contributed by atoms with Crippen molar-refractivity contribution in [2.24, 2.45) is 5.41 Å². The molecule has 2 aromatic rings. The monoisotopic (exact) mass is 256 g/mol. The maximum atomic E-state index is 9.43. The lowest BCUT2D eigenvalue weighted by atomic mass is 9.76.